The molecule has 1 heterocycles. The molecule has 0 aliphatic rings. The fraction of sp³-hybridized carbons (Fsp3) is 0.769. The summed E-state index contributed by atoms with van der Waals surface area (Å²) in [6, 6.07) is 0.312. The number of hydrogen-bond acceptors (Lipinski definition) is 4. The van der Waals surface area contributed by atoms with Gasteiger partial charge < -0.3 is 9.88 Å². The number of carbonyl (C=O) groups excluding carboxylic acids is 1. The summed E-state index contributed by atoms with van der Waals surface area (Å²) < 4.78 is 1.97. The van der Waals surface area contributed by atoms with Crippen molar-refractivity contribution in [2.75, 3.05) is 12.3 Å². The number of nitrogens with zero attached hydrogens (tertiary/aromatic N) is 3. The maximum Gasteiger partial charge on any atom is 0.230 e. The summed E-state index contributed by atoms with van der Waals surface area (Å²) in [5, 5.41) is 11.6. The highest BCUT2D eigenvalue weighted by atomic mass is 32.2. The van der Waals surface area contributed by atoms with E-state index in [1.54, 1.807) is 6.33 Å². The van der Waals surface area contributed by atoms with Gasteiger partial charge in [0.2, 0.25) is 5.91 Å². The Hall–Kier alpha value is -1.04. The monoisotopic (exact) mass is 284 g/mol. The molecule has 0 aliphatic heterocycles. The lowest BCUT2D eigenvalue weighted by molar-refractivity contribution is -0.118. The van der Waals surface area contributed by atoms with Gasteiger partial charge in [-0.15, -0.1) is 10.2 Å². The number of thioether (sulfide) groups is 1. The highest BCUT2D eigenvalue weighted by molar-refractivity contribution is 7.99. The maximum atomic E-state index is 11.7. The van der Waals surface area contributed by atoms with E-state index in [-0.39, 0.29) is 5.91 Å². The van der Waals surface area contributed by atoms with Crippen LogP contribution in [-0.4, -0.2) is 33.0 Å². The normalized spacial score (nSPS) is 11.3. The molecule has 1 amide bonds. The van der Waals surface area contributed by atoms with Gasteiger partial charge in [-0.2, -0.15) is 0 Å². The van der Waals surface area contributed by atoms with E-state index >= 15 is 0 Å². The Balaban J connectivity index is 2.24. The predicted octanol–water partition coefficient (Wildman–Crippen LogP) is 2.50. The van der Waals surface area contributed by atoms with Gasteiger partial charge in [0, 0.05) is 12.6 Å². The van der Waals surface area contributed by atoms with Crippen LogP contribution in [0.2, 0.25) is 0 Å². The number of aromatic nitrogens is 3. The lowest BCUT2D eigenvalue weighted by Crippen LogP contribution is -2.26. The van der Waals surface area contributed by atoms with E-state index < -0.39 is 0 Å². The van der Waals surface area contributed by atoms with Crippen LogP contribution < -0.4 is 5.32 Å². The van der Waals surface area contributed by atoms with Crippen LogP contribution in [0.25, 0.3) is 0 Å². The number of carbonyl (C=O) groups is 1. The van der Waals surface area contributed by atoms with Crippen molar-refractivity contribution in [3.63, 3.8) is 0 Å². The first-order valence-electron chi connectivity index (χ1n) is 6.79. The molecule has 6 heteroatoms. The minimum Gasteiger partial charge on any atom is -0.355 e. The first kappa shape index (κ1) is 16.0. The molecule has 0 fully saturated rings. The van der Waals surface area contributed by atoms with Crippen LogP contribution in [-0.2, 0) is 4.79 Å². The van der Waals surface area contributed by atoms with Gasteiger partial charge in [0.25, 0.3) is 0 Å². The summed E-state index contributed by atoms with van der Waals surface area (Å²) in [4.78, 5) is 11.7. The molecule has 0 atom stereocenters. The molecule has 0 aliphatic carbocycles. The van der Waals surface area contributed by atoms with E-state index in [9.17, 15) is 4.79 Å². The Morgan fingerprint density at radius 2 is 2.16 bits per heavy atom. The van der Waals surface area contributed by atoms with E-state index in [2.05, 4.69) is 43.2 Å². The van der Waals surface area contributed by atoms with Crippen LogP contribution in [0.4, 0.5) is 0 Å². The van der Waals surface area contributed by atoms with E-state index in [1.807, 2.05) is 4.57 Å². The second kappa shape index (κ2) is 8.19. The summed E-state index contributed by atoms with van der Waals surface area (Å²) in [6.07, 6.45) is 3.89. The molecule has 0 spiro atoms. The summed E-state index contributed by atoms with van der Waals surface area (Å²) in [5.41, 5.74) is 0. The predicted molar refractivity (Wildman–Crippen MR) is 78.2 cm³/mol. The number of amides is 1. The van der Waals surface area contributed by atoms with Crippen molar-refractivity contribution in [2.24, 2.45) is 5.92 Å². The highest BCUT2D eigenvalue weighted by Gasteiger charge is 2.10. The zero-order valence-corrected chi connectivity index (χ0v) is 13.0. The lowest BCUT2D eigenvalue weighted by Gasteiger charge is -2.09. The average Bonchev–Trinajstić information content (AvgIpc) is 2.80. The average molecular weight is 284 g/mol. The molecular formula is C13H24N4OS. The molecule has 0 aromatic carbocycles. The molecule has 0 saturated heterocycles. The van der Waals surface area contributed by atoms with Crippen LogP contribution in [0.15, 0.2) is 11.5 Å². The van der Waals surface area contributed by atoms with Crippen molar-refractivity contribution in [3.05, 3.63) is 6.33 Å². The van der Waals surface area contributed by atoms with E-state index in [0.717, 1.165) is 24.5 Å². The SMILES string of the molecule is CC(C)CCCNC(=O)CSc1nncn1C(C)C. The molecule has 1 N–H and O–H groups in total. The standard InChI is InChI=1S/C13H24N4OS/c1-10(2)6-5-7-14-12(18)8-19-13-16-15-9-17(13)11(3)4/h9-11H,5-8H2,1-4H3,(H,14,18). The van der Waals surface area contributed by atoms with E-state index in [4.69, 9.17) is 0 Å². The lowest BCUT2D eigenvalue weighted by atomic mass is 10.1. The molecule has 0 unspecified atom stereocenters. The second-order valence-electron chi connectivity index (χ2n) is 5.29. The van der Waals surface area contributed by atoms with Gasteiger partial charge in [0.15, 0.2) is 5.16 Å². The van der Waals surface area contributed by atoms with Gasteiger partial charge >= 0.3 is 0 Å². The summed E-state index contributed by atoms with van der Waals surface area (Å²) >= 11 is 1.43. The third-order valence-corrected chi connectivity index (χ3v) is 3.67. The Kier molecular flexibility index (Phi) is 6.91. The third-order valence-electron chi connectivity index (χ3n) is 2.71. The van der Waals surface area contributed by atoms with Crippen LogP contribution in [0.5, 0.6) is 0 Å². The van der Waals surface area contributed by atoms with Gasteiger partial charge in [-0.25, -0.2) is 0 Å². The fourth-order valence-corrected chi connectivity index (χ4v) is 2.48. The molecule has 1 aromatic heterocycles. The summed E-state index contributed by atoms with van der Waals surface area (Å²) in [7, 11) is 0. The van der Waals surface area contributed by atoms with Crippen molar-refractivity contribution in [2.45, 2.75) is 51.7 Å². The third kappa shape index (κ3) is 6.09. The van der Waals surface area contributed by atoms with Crippen LogP contribution in [0, 0.1) is 5.92 Å². The van der Waals surface area contributed by atoms with Crippen LogP contribution >= 0.6 is 11.8 Å². The Labute approximate surface area is 119 Å². The van der Waals surface area contributed by atoms with Crippen molar-refractivity contribution < 1.29 is 4.79 Å². The van der Waals surface area contributed by atoms with Gasteiger partial charge in [0.1, 0.15) is 6.33 Å². The number of hydrogen-bond donors (Lipinski definition) is 1. The maximum absolute atomic E-state index is 11.7. The van der Waals surface area contributed by atoms with Crippen LogP contribution in [0.3, 0.4) is 0 Å². The smallest absolute Gasteiger partial charge is 0.230 e. The molecule has 19 heavy (non-hydrogen) atoms. The molecule has 1 aromatic rings. The summed E-state index contributed by atoms with van der Waals surface area (Å²) in [5.74, 6) is 1.15. The molecule has 0 saturated carbocycles. The number of nitrogens with one attached hydrogen (secondary N) is 1. The summed E-state index contributed by atoms with van der Waals surface area (Å²) in [6.45, 7) is 9.28. The van der Waals surface area contributed by atoms with Crippen LogP contribution in [0.1, 0.15) is 46.6 Å². The van der Waals surface area contributed by atoms with Crippen molar-refractivity contribution >= 4 is 17.7 Å². The minimum atomic E-state index is 0.0621. The van der Waals surface area contributed by atoms with Gasteiger partial charge in [-0.05, 0) is 32.6 Å². The molecule has 1 rings (SSSR count). The zero-order chi connectivity index (χ0) is 14.3. The van der Waals surface area contributed by atoms with Gasteiger partial charge in [0.05, 0.1) is 5.75 Å². The largest absolute Gasteiger partial charge is 0.355 e. The van der Waals surface area contributed by atoms with Crippen molar-refractivity contribution in [1.29, 1.82) is 0 Å². The molecule has 0 radical (unpaired) electrons. The Bertz CT molecular complexity index is 390. The zero-order valence-electron chi connectivity index (χ0n) is 12.2. The molecule has 0 bridgehead atoms. The topological polar surface area (TPSA) is 59.8 Å². The number of rotatable bonds is 8. The van der Waals surface area contributed by atoms with E-state index in [1.165, 1.54) is 11.8 Å². The van der Waals surface area contributed by atoms with Gasteiger partial charge in [-0.1, -0.05) is 25.6 Å². The van der Waals surface area contributed by atoms with Gasteiger partial charge in [-0.3, -0.25) is 4.79 Å². The highest BCUT2D eigenvalue weighted by Crippen LogP contribution is 2.18. The molecule has 5 nitrogen and oxygen atoms in total. The van der Waals surface area contributed by atoms with E-state index in [0.29, 0.717) is 17.7 Å². The van der Waals surface area contributed by atoms with Crippen molar-refractivity contribution in [1.82, 2.24) is 20.1 Å². The first-order chi connectivity index (χ1) is 9.00. The first-order valence-corrected chi connectivity index (χ1v) is 7.78. The Morgan fingerprint density at radius 3 is 2.79 bits per heavy atom. The molecular weight excluding hydrogens is 260 g/mol. The fourth-order valence-electron chi connectivity index (χ4n) is 1.61. The quantitative estimate of drug-likeness (QED) is 0.588. The minimum absolute atomic E-state index is 0.0621. The van der Waals surface area contributed by atoms with Crippen molar-refractivity contribution in [3.8, 4) is 0 Å². The molecule has 108 valence electrons. The Morgan fingerprint density at radius 1 is 1.42 bits per heavy atom. The second-order valence-corrected chi connectivity index (χ2v) is 6.23.